The quantitative estimate of drug-likeness (QED) is 0.823. The van der Waals surface area contributed by atoms with E-state index in [-0.39, 0.29) is 6.03 Å². The summed E-state index contributed by atoms with van der Waals surface area (Å²) in [6.07, 6.45) is 1.83. The molecule has 1 aromatic carbocycles. The minimum atomic E-state index is 0.0538. The van der Waals surface area contributed by atoms with Gasteiger partial charge in [-0.25, -0.2) is 4.79 Å². The summed E-state index contributed by atoms with van der Waals surface area (Å²) in [6, 6.07) is 6.59. The van der Waals surface area contributed by atoms with Crippen LogP contribution >= 0.6 is 0 Å². The predicted octanol–water partition coefficient (Wildman–Crippen LogP) is 2.61. The molecule has 2 aromatic rings. The first-order valence-corrected chi connectivity index (χ1v) is 7.32. The smallest absolute Gasteiger partial charge is 0.317 e. The van der Waals surface area contributed by atoms with Crippen molar-refractivity contribution in [2.45, 2.75) is 26.7 Å². The van der Waals surface area contributed by atoms with Gasteiger partial charge >= 0.3 is 6.03 Å². The van der Waals surface area contributed by atoms with Gasteiger partial charge in [0.15, 0.2) is 0 Å². The van der Waals surface area contributed by atoms with Crippen LogP contribution < -0.4 is 5.32 Å². The number of rotatable bonds is 1. The Morgan fingerprint density at radius 1 is 1.35 bits per heavy atom. The van der Waals surface area contributed by atoms with E-state index < -0.39 is 0 Å². The van der Waals surface area contributed by atoms with E-state index in [0.717, 1.165) is 25.9 Å². The second kappa shape index (κ2) is 5.19. The minimum Gasteiger partial charge on any atom is -0.358 e. The molecule has 4 heteroatoms. The van der Waals surface area contributed by atoms with Gasteiger partial charge in [0.25, 0.3) is 0 Å². The number of H-pyrrole nitrogens is 1. The number of amides is 2. The molecule has 3 rings (SSSR count). The molecule has 0 bridgehead atoms. The standard InChI is InChI=1S/C16H21N3O/c1-3-17-16(20)19-8-6-12-13-10-11(2)4-5-14(13)18-15(12)7-9-19/h4-5,10,18H,3,6-9H2,1-2H3,(H,17,20). The van der Waals surface area contributed by atoms with E-state index in [1.165, 1.54) is 27.7 Å². The maximum Gasteiger partial charge on any atom is 0.317 e. The third kappa shape index (κ3) is 2.26. The lowest BCUT2D eigenvalue weighted by molar-refractivity contribution is 0.201. The molecule has 20 heavy (non-hydrogen) atoms. The largest absolute Gasteiger partial charge is 0.358 e. The zero-order chi connectivity index (χ0) is 14.1. The SMILES string of the molecule is CCNC(=O)N1CCc2[nH]c3ccc(C)cc3c2CC1. The number of aryl methyl sites for hydroxylation is 1. The first-order chi connectivity index (χ1) is 9.69. The van der Waals surface area contributed by atoms with Gasteiger partial charge in [0.2, 0.25) is 0 Å². The van der Waals surface area contributed by atoms with E-state index in [0.29, 0.717) is 6.54 Å². The topological polar surface area (TPSA) is 48.1 Å². The van der Waals surface area contributed by atoms with E-state index in [2.05, 4.69) is 35.4 Å². The zero-order valence-electron chi connectivity index (χ0n) is 12.1. The van der Waals surface area contributed by atoms with Crippen molar-refractivity contribution in [1.29, 1.82) is 0 Å². The second-order valence-corrected chi connectivity index (χ2v) is 5.45. The Morgan fingerprint density at radius 2 is 2.15 bits per heavy atom. The number of fused-ring (bicyclic) bond motifs is 3. The van der Waals surface area contributed by atoms with Crippen LogP contribution in [-0.2, 0) is 12.8 Å². The highest BCUT2D eigenvalue weighted by Crippen LogP contribution is 2.26. The van der Waals surface area contributed by atoms with E-state index >= 15 is 0 Å². The van der Waals surface area contributed by atoms with Crippen LogP contribution in [0.5, 0.6) is 0 Å². The van der Waals surface area contributed by atoms with Crippen LogP contribution in [0.15, 0.2) is 18.2 Å². The van der Waals surface area contributed by atoms with Crippen molar-refractivity contribution >= 4 is 16.9 Å². The lowest BCUT2D eigenvalue weighted by atomic mass is 10.1. The number of hydrogen-bond donors (Lipinski definition) is 2. The fourth-order valence-corrected chi connectivity index (χ4v) is 2.99. The fraction of sp³-hybridized carbons (Fsp3) is 0.438. The van der Waals surface area contributed by atoms with Crippen molar-refractivity contribution in [3.8, 4) is 0 Å². The summed E-state index contributed by atoms with van der Waals surface area (Å²) >= 11 is 0. The van der Waals surface area contributed by atoms with Gasteiger partial charge in [-0.2, -0.15) is 0 Å². The lowest BCUT2D eigenvalue weighted by Gasteiger charge is -2.20. The summed E-state index contributed by atoms with van der Waals surface area (Å²) in [5.74, 6) is 0. The molecule has 2 N–H and O–H groups in total. The summed E-state index contributed by atoms with van der Waals surface area (Å²) in [4.78, 5) is 17.4. The third-order valence-corrected chi connectivity index (χ3v) is 4.03. The number of hydrogen-bond acceptors (Lipinski definition) is 1. The summed E-state index contributed by atoms with van der Waals surface area (Å²) in [5.41, 5.74) is 5.17. The average molecular weight is 271 g/mol. The maximum absolute atomic E-state index is 11.9. The molecule has 0 unspecified atom stereocenters. The van der Waals surface area contributed by atoms with Gasteiger partial charge in [0.05, 0.1) is 0 Å². The first kappa shape index (κ1) is 13.0. The van der Waals surface area contributed by atoms with Crippen LogP contribution in [0, 0.1) is 6.92 Å². The molecule has 0 spiro atoms. The van der Waals surface area contributed by atoms with Crippen molar-refractivity contribution in [3.05, 3.63) is 35.0 Å². The molecule has 0 aliphatic carbocycles. The molecular formula is C16H21N3O. The van der Waals surface area contributed by atoms with Crippen molar-refractivity contribution < 1.29 is 4.79 Å². The van der Waals surface area contributed by atoms with Gasteiger partial charge in [0, 0.05) is 42.7 Å². The van der Waals surface area contributed by atoms with E-state index in [9.17, 15) is 4.79 Å². The number of carbonyl (C=O) groups excluding carboxylic acids is 1. The minimum absolute atomic E-state index is 0.0538. The van der Waals surface area contributed by atoms with Crippen molar-refractivity contribution in [2.24, 2.45) is 0 Å². The Bertz CT molecular complexity index is 644. The highest BCUT2D eigenvalue weighted by Gasteiger charge is 2.20. The number of carbonyl (C=O) groups is 1. The predicted molar refractivity (Wildman–Crippen MR) is 81.1 cm³/mol. The maximum atomic E-state index is 11.9. The number of nitrogens with zero attached hydrogens (tertiary/aromatic N) is 1. The monoisotopic (exact) mass is 271 g/mol. The third-order valence-electron chi connectivity index (χ3n) is 4.03. The summed E-state index contributed by atoms with van der Waals surface area (Å²) < 4.78 is 0. The Balaban J connectivity index is 1.88. The van der Waals surface area contributed by atoms with Gasteiger partial charge in [-0.15, -0.1) is 0 Å². The van der Waals surface area contributed by atoms with Gasteiger partial charge in [0.1, 0.15) is 0 Å². The number of benzene rings is 1. The number of aromatic amines is 1. The zero-order valence-corrected chi connectivity index (χ0v) is 12.1. The fourth-order valence-electron chi connectivity index (χ4n) is 2.99. The Labute approximate surface area is 119 Å². The van der Waals surface area contributed by atoms with E-state index in [1.807, 2.05) is 11.8 Å². The number of nitrogens with one attached hydrogen (secondary N) is 2. The summed E-state index contributed by atoms with van der Waals surface area (Å²) in [7, 11) is 0. The van der Waals surface area contributed by atoms with E-state index in [1.54, 1.807) is 0 Å². The van der Waals surface area contributed by atoms with Crippen LogP contribution in [-0.4, -0.2) is 35.5 Å². The highest BCUT2D eigenvalue weighted by molar-refractivity contribution is 5.85. The summed E-state index contributed by atoms with van der Waals surface area (Å²) in [5, 5.41) is 4.20. The summed E-state index contributed by atoms with van der Waals surface area (Å²) in [6.45, 7) is 6.33. The molecule has 1 aliphatic rings. The van der Waals surface area contributed by atoms with Crippen LogP contribution in [0.2, 0.25) is 0 Å². The number of aromatic nitrogens is 1. The molecule has 4 nitrogen and oxygen atoms in total. The van der Waals surface area contributed by atoms with Gasteiger partial charge in [-0.1, -0.05) is 11.6 Å². The molecule has 0 saturated heterocycles. The molecule has 2 amide bonds. The molecule has 1 aromatic heterocycles. The molecule has 0 atom stereocenters. The second-order valence-electron chi connectivity index (χ2n) is 5.45. The van der Waals surface area contributed by atoms with Gasteiger partial charge < -0.3 is 15.2 Å². The van der Waals surface area contributed by atoms with Gasteiger partial charge in [-0.3, -0.25) is 0 Å². The van der Waals surface area contributed by atoms with Crippen LogP contribution in [0.3, 0.4) is 0 Å². The lowest BCUT2D eigenvalue weighted by Crippen LogP contribution is -2.41. The van der Waals surface area contributed by atoms with Crippen molar-refractivity contribution in [2.75, 3.05) is 19.6 Å². The van der Waals surface area contributed by atoms with Crippen LogP contribution in [0.25, 0.3) is 10.9 Å². The first-order valence-electron chi connectivity index (χ1n) is 7.32. The Kier molecular flexibility index (Phi) is 3.38. The van der Waals surface area contributed by atoms with Crippen molar-refractivity contribution in [1.82, 2.24) is 15.2 Å². The van der Waals surface area contributed by atoms with Crippen LogP contribution in [0.1, 0.15) is 23.7 Å². The molecular weight excluding hydrogens is 250 g/mol. The average Bonchev–Trinajstić information content (AvgIpc) is 2.63. The number of urea groups is 1. The van der Waals surface area contributed by atoms with Crippen molar-refractivity contribution in [3.63, 3.8) is 0 Å². The molecule has 0 saturated carbocycles. The Hall–Kier alpha value is -1.97. The van der Waals surface area contributed by atoms with Gasteiger partial charge in [-0.05, 0) is 38.0 Å². The van der Waals surface area contributed by atoms with Crippen LogP contribution in [0.4, 0.5) is 4.79 Å². The molecule has 106 valence electrons. The normalized spacial score (nSPS) is 15.0. The van der Waals surface area contributed by atoms with E-state index in [4.69, 9.17) is 0 Å². The molecule has 0 fully saturated rings. The molecule has 0 radical (unpaired) electrons. The molecule has 2 heterocycles. The molecule has 1 aliphatic heterocycles. The Morgan fingerprint density at radius 3 is 2.95 bits per heavy atom. The highest BCUT2D eigenvalue weighted by atomic mass is 16.2.